The molecular formula is C10H18N4OS. The minimum atomic E-state index is -0.380. The van der Waals surface area contributed by atoms with Gasteiger partial charge in [0.15, 0.2) is 5.69 Å². The zero-order chi connectivity index (χ0) is 12.2. The third-order valence-electron chi connectivity index (χ3n) is 2.32. The summed E-state index contributed by atoms with van der Waals surface area (Å²) in [6, 6.07) is 0. The molecule has 1 atom stereocenters. The quantitative estimate of drug-likeness (QED) is 0.808. The summed E-state index contributed by atoms with van der Waals surface area (Å²) in [5.74, 6) is 0.268. The van der Waals surface area contributed by atoms with E-state index in [4.69, 9.17) is 5.73 Å². The van der Waals surface area contributed by atoms with Crippen LogP contribution in [0, 0.1) is 5.92 Å². The van der Waals surface area contributed by atoms with Crippen LogP contribution in [0.15, 0.2) is 6.20 Å². The number of nitrogens with one attached hydrogen (secondary N) is 1. The number of nitrogens with zero attached hydrogens (tertiary/aromatic N) is 2. The normalized spacial score (nSPS) is 14.8. The molecule has 0 fully saturated rings. The number of hydrogen-bond acceptors (Lipinski definition) is 5. The average molecular weight is 242 g/mol. The van der Waals surface area contributed by atoms with Crippen LogP contribution in [0.4, 0.5) is 0 Å². The Balaban J connectivity index is 2.66. The van der Waals surface area contributed by atoms with Gasteiger partial charge in [-0.25, -0.2) is 0 Å². The first-order chi connectivity index (χ1) is 7.47. The van der Waals surface area contributed by atoms with Gasteiger partial charge in [0.2, 0.25) is 0 Å². The molecule has 0 spiro atoms. The third-order valence-corrected chi connectivity index (χ3v) is 2.80. The minimum absolute atomic E-state index is 0.206. The van der Waals surface area contributed by atoms with E-state index >= 15 is 0 Å². The number of rotatable bonds is 5. The highest BCUT2D eigenvalue weighted by Gasteiger charge is 2.27. The fourth-order valence-corrected chi connectivity index (χ4v) is 2.10. The first-order valence-corrected chi connectivity index (χ1v) is 6.00. The molecule has 1 rings (SSSR count). The van der Waals surface area contributed by atoms with Crippen LogP contribution in [0.2, 0.25) is 0 Å². The SMILES string of the molecule is CC(C)CC(C)(CN)NC(=O)c1cnsn1. The van der Waals surface area contributed by atoms with Crippen LogP contribution in [0.25, 0.3) is 0 Å². The summed E-state index contributed by atoms with van der Waals surface area (Å²) >= 11 is 1.02. The van der Waals surface area contributed by atoms with Crippen LogP contribution in [0.1, 0.15) is 37.7 Å². The van der Waals surface area contributed by atoms with Gasteiger partial charge in [-0.05, 0) is 19.3 Å². The van der Waals surface area contributed by atoms with Crippen LogP contribution in [-0.2, 0) is 0 Å². The number of carbonyl (C=O) groups excluding carboxylic acids is 1. The van der Waals surface area contributed by atoms with E-state index in [1.165, 1.54) is 6.20 Å². The third kappa shape index (κ3) is 3.53. The van der Waals surface area contributed by atoms with Gasteiger partial charge in [0.1, 0.15) is 0 Å². The number of amides is 1. The first kappa shape index (κ1) is 13.1. The maximum absolute atomic E-state index is 11.8. The standard InChI is InChI=1S/C10H18N4OS/c1-7(2)4-10(3,6-11)13-9(15)8-5-12-16-14-8/h5,7H,4,6,11H2,1-3H3,(H,13,15). The van der Waals surface area contributed by atoms with E-state index in [9.17, 15) is 4.79 Å². The summed E-state index contributed by atoms with van der Waals surface area (Å²) in [4.78, 5) is 11.8. The van der Waals surface area contributed by atoms with Crippen molar-refractivity contribution in [3.8, 4) is 0 Å². The highest BCUT2D eigenvalue weighted by atomic mass is 32.1. The second-order valence-corrected chi connectivity index (χ2v) is 5.17. The molecule has 0 aromatic carbocycles. The minimum Gasteiger partial charge on any atom is -0.344 e. The summed E-state index contributed by atoms with van der Waals surface area (Å²) < 4.78 is 7.69. The van der Waals surface area contributed by atoms with Crippen molar-refractivity contribution in [3.63, 3.8) is 0 Å². The second kappa shape index (κ2) is 5.36. The van der Waals surface area contributed by atoms with E-state index < -0.39 is 0 Å². The molecule has 1 aromatic rings. The van der Waals surface area contributed by atoms with E-state index in [0.29, 0.717) is 18.2 Å². The Hall–Kier alpha value is -1.01. The maximum atomic E-state index is 11.8. The maximum Gasteiger partial charge on any atom is 0.273 e. The highest BCUT2D eigenvalue weighted by molar-refractivity contribution is 6.99. The van der Waals surface area contributed by atoms with Gasteiger partial charge in [0.05, 0.1) is 23.5 Å². The smallest absolute Gasteiger partial charge is 0.273 e. The molecule has 0 aliphatic carbocycles. The molecule has 0 saturated carbocycles. The van der Waals surface area contributed by atoms with Crippen LogP contribution in [0.5, 0.6) is 0 Å². The average Bonchev–Trinajstić information content (AvgIpc) is 2.69. The number of nitrogens with two attached hydrogens (primary N) is 1. The van der Waals surface area contributed by atoms with Gasteiger partial charge in [0.25, 0.3) is 5.91 Å². The van der Waals surface area contributed by atoms with Crippen LogP contribution < -0.4 is 11.1 Å². The van der Waals surface area contributed by atoms with Crippen molar-refractivity contribution in [3.05, 3.63) is 11.9 Å². The molecule has 1 aromatic heterocycles. The molecule has 16 heavy (non-hydrogen) atoms. The highest BCUT2D eigenvalue weighted by Crippen LogP contribution is 2.15. The number of aromatic nitrogens is 2. The van der Waals surface area contributed by atoms with Gasteiger partial charge in [0, 0.05) is 6.54 Å². The predicted octanol–water partition coefficient (Wildman–Crippen LogP) is 1.03. The van der Waals surface area contributed by atoms with E-state index in [2.05, 4.69) is 27.9 Å². The molecule has 1 amide bonds. The molecule has 0 bridgehead atoms. The predicted molar refractivity (Wildman–Crippen MR) is 64.3 cm³/mol. The molecule has 0 saturated heterocycles. The van der Waals surface area contributed by atoms with Crippen molar-refractivity contribution >= 4 is 17.6 Å². The first-order valence-electron chi connectivity index (χ1n) is 5.27. The van der Waals surface area contributed by atoms with Crippen molar-refractivity contribution in [2.24, 2.45) is 11.7 Å². The number of hydrogen-bond donors (Lipinski definition) is 2. The largest absolute Gasteiger partial charge is 0.344 e. The van der Waals surface area contributed by atoms with Crippen molar-refractivity contribution < 1.29 is 4.79 Å². The van der Waals surface area contributed by atoms with Crippen molar-refractivity contribution in [2.45, 2.75) is 32.7 Å². The monoisotopic (exact) mass is 242 g/mol. The fourth-order valence-electron chi connectivity index (χ4n) is 1.69. The van der Waals surface area contributed by atoms with E-state index in [1.807, 2.05) is 6.92 Å². The lowest BCUT2D eigenvalue weighted by Crippen LogP contribution is -2.52. The van der Waals surface area contributed by atoms with Crippen molar-refractivity contribution in [1.82, 2.24) is 14.1 Å². The second-order valence-electron chi connectivity index (χ2n) is 4.61. The summed E-state index contributed by atoms with van der Waals surface area (Å²) in [5.41, 5.74) is 5.68. The number of carbonyl (C=O) groups is 1. The molecule has 90 valence electrons. The molecule has 6 heteroatoms. The van der Waals surface area contributed by atoms with Gasteiger partial charge in [-0.2, -0.15) is 8.75 Å². The van der Waals surface area contributed by atoms with Gasteiger partial charge in [-0.1, -0.05) is 13.8 Å². The lowest BCUT2D eigenvalue weighted by atomic mass is 9.90. The fraction of sp³-hybridized carbons (Fsp3) is 0.700. The summed E-state index contributed by atoms with van der Waals surface area (Å²) in [7, 11) is 0. The van der Waals surface area contributed by atoms with Gasteiger partial charge in [-0.3, -0.25) is 4.79 Å². The Kier molecular flexibility index (Phi) is 4.37. The van der Waals surface area contributed by atoms with Gasteiger partial charge >= 0.3 is 0 Å². The lowest BCUT2D eigenvalue weighted by molar-refractivity contribution is 0.0894. The van der Waals surface area contributed by atoms with Crippen LogP contribution >= 0.6 is 11.7 Å². The zero-order valence-corrected chi connectivity index (χ0v) is 10.7. The van der Waals surface area contributed by atoms with E-state index in [0.717, 1.165) is 18.1 Å². The molecule has 1 heterocycles. The molecule has 0 aliphatic heterocycles. The van der Waals surface area contributed by atoms with Crippen molar-refractivity contribution in [1.29, 1.82) is 0 Å². The molecule has 0 radical (unpaired) electrons. The van der Waals surface area contributed by atoms with Crippen LogP contribution in [0.3, 0.4) is 0 Å². The summed E-state index contributed by atoms with van der Waals surface area (Å²) in [5, 5.41) is 2.92. The zero-order valence-electron chi connectivity index (χ0n) is 9.86. The Labute approximate surface area is 99.8 Å². The molecule has 1 unspecified atom stereocenters. The Morgan fingerprint density at radius 2 is 2.38 bits per heavy atom. The van der Waals surface area contributed by atoms with Gasteiger partial charge < -0.3 is 11.1 Å². The van der Waals surface area contributed by atoms with Crippen molar-refractivity contribution in [2.75, 3.05) is 6.54 Å². The Morgan fingerprint density at radius 1 is 1.69 bits per heavy atom. The van der Waals surface area contributed by atoms with Gasteiger partial charge in [-0.15, -0.1) is 0 Å². The summed E-state index contributed by atoms with van der Waals surface area (Å²) in [6.45, 7) is 6.56. The topological polar surface area (TPSA) is 80.9 Å². The lowest BCUT2D eigenvalue weighted by Gasteiger charge is -2.30. The molecule has 5 nitrogen and oxygen atoms in total. The van der Waals surface area contributed by atoms with E-state index in [-0.39, 0.29) is 11.4 Å². The van der Waals surface area contributed by atoms with Crippen LogP contribution in [-0.4, -0.2) is 26.7 Å². The Bertz CT molecular complexity index is 339. The van der Waals surface area contributed by atoms with E-state index in [1.54, 1.807) is 0 Å². The molecule has 3 N–H and O–H groups in total. The Morgan fingerprint density at radius 3 is 2.81 bits per heavy atom. The molecular weight excluding hydrogens is 224 g/mol. The molecule has 0 aliphatic rings. The summed E-state index contributed by atoms with van der Waals surface area (Å²) in [6.07, 6.45) is 2.30.